The van der Waals surface area contributed by atoms with Crippen LogP contribution in [0.2, 0.25) is 0 Å². The molecule has 1 aliphatic heterocycles. The average molecular weight is 183 g/mol. The second kappa shape index (κ2) is 3.97. The number of hydrogen-bond donors (Lipinski definition) is 1. The summed E-state index contributed by atoms with van der Waals surface area (Å²) in [7, 11) is 0. The fourth-order valence-electron chi connectivity index (χ4n) is 2.85. The van der Waals surface area contributed by atoms with Crippen LogP contribution in [0.3, 0.4) is 0 Å². The van der Waals surface area contributed by atoms with E-state index >= 15 is 0 Å². The van der Waals surface area contributed by atoms with Crippen molar-refractivity contribution in [2.75, 3.05) is 19.7 Å². The van der Waals surface area contributed by atoms with Crippen molar-refractivity contribution in [1.82, 2.24) is 4.90 Å². The molecule has 3 unspecified atom stereocenters. The zero-order chi connectivity index (χ0) is 9.26. The van der Waals surface area contributed by atoms with Gasteiger partial charge in [-0.15, -0.1) is 0 Å². The quantitative estimate of drug-likeness (QED) is 0.701. The molecule has 1 saturated heterocycles. The number of hydrogen-bond acceptors (Lipinski definition) is 2. The fraction of sp³-hybridized carbons (Fsp3) is 1.00. The lowest BCUT2D eigenvalue weighted by molar-refractivity contribution is 0.197. The molecule has 0 radical (unpaired) electrons. The van der Waals surface area contributed by atoms with E-state index in [0.717, 1.165) is 18.5 Å². The predicted molar refractivity (Wildman–Crippen MR) is 53.6 cm³/mol. The van der Waals surface area contributed by atoms with Gasteiger partial charge in [-0.05, 0) is 44.1 Å². The Morgan fingerprint density at radius 1 is 1.31 bits per heavy atom. The lowest BCUT2D eigenvalue weighted by Crippen LogP contribution is -2.31. The van der Waals surface area contributed by atoms with E-state index in [1.807, 2.05) is 0 Å². The van der Waals surface area contributed by atoms with Crippen molar-refractivity contribution < 1.29 is 5.11 Å². The Morgan fingerprint density at radius 3 is 2.69 bits per heavy atom. The highest BCUT2D eigenvalue weighted by molar-refractivity contribution is 4.86. The van der Waals surface area contributed by atoms with Crippen molar-refractivity contribution in [2.45, 2.75) is 38.6 Å². The molecule has 76 valence electrons. The molecule has 0 amide bonds. The first-order chi connectivity index (χ1) is 6.29. The second-order valence-electron chi connectivity index (χ2n) is 4.90. The summed E-state index contributed by atoms with van der Waals surface area (Å²) in [4.78, 5) is 2.60. The van der Waals surface area contributed by atoms with Crippen LogP contribution in [0.25, 0.3) is 0 Å². The first-order valence-corrected chi connectivity index (χ1v) is 5.64. The zero-order valence-electron chi connectivity index (χ0n) is 8.58. The Hall–Kier alpha value is -0.0800. The molecule has 2 nitrogen and oxygen atoms in total. The summed E-state index contributed by atoms with van der Waals surface area (Å²) in [5, 5.41) is 9.05. The van der Waals surface area contributed by atoms with Crippen molar-refractivity contribution >= 4 is 0 Å². The molecule has 0 bridgehead atoms. The molecule has 2 aliphatic rings. The molecule has 2 fully saturated rings. The van der Waals surface area contributed by atoms with Crippen LogP contribution >= 0.6 is 0 Å². The van der Waals surface area contributed by atoms with Crippen molar-refractivity contribution in [3.05, 3.63) is 0 Å². The fourth-order valence-corrected chi connectivity index (χ4v) is 2.85. The molecule has 2 heteroatoms. The van der Waals surface area contributed by atoms with Gasteiger partial charge in [0.2, 0.25) is 0 Å². The highest BCUT2D eigenvalue weighted by Crippen LogP contribution is 2.31. The first kappa shape index (κ1) is 9.47. The molecule has 13 heavy (non-hydrogen) atoms. The van der Waals surface area contributed by atoms with Crippen LogP contribution in [0.1, 0.15) is 32.6 Å². The highest BCUT2D eigenvalue weighted by atomic mass is 16.3. The Morgan fingerprint density at radius 2 is 2.15 bits per heavy atom. The van der Waals surface area contributed by atoms with Crippen LogP contribution in [0, 0.1) is 11.8 Å². The standard InChI is InChI=1S/C11H21NO/c1-9-2-3-11(6-9)12-5-4-10(7-12)8-13/h9-11,13H,2-8H2,1H3. The van der Waals surface area contributed by atoms with Gasteiger partial charge in [0, 0.05) is 19.2 Å². The van der Waals surface area contributed by atoms with Crippen LogP contribution in [0.4, 0.5) is 0 Å². The second-order valence-corrected chi connectivity index (χ2v) is 4.90. The van der Waals surface area contributed by atoms with Gasteiger partial charge in [0.25, 0.3) is 0 Å². The molecular formula is C11H21NO. The van der Waals surface area contributed by atoms with Crippen LogP contribution < -0.4 is 0 Å². The minimum Gasteiger partial charge on any atom is -0.396 e. The van der Waals surface area contributed by atoms with Gasteiger partial charge in [-0.1, -0.05) is 6.92 Å². The third kappa shape index (κ3) is 2.05. The zero-order valence-corrected chi connectivity index (χ0v) is 8.58. The molecule has 3 atom stereocenters. The monoisotopic (exact) mass is 183 g/mol. The number of likely N-dealkylation sites (tertiary alicyclic amines) is 1. The predicted octanol–water partition coefficient (Wildman–Crippen LogP) is 1.49. The molecule has 1 aliphatic carbocycles. The maximum absolute atomic E-state index is 9.05. The number of rotatable bonds is 2. The minimum atomic E-state index is 0.388. The molecule has 0 spiro atoms. The van der Waals surface area contributed by atoms with E-state index in [1.54, 1.807) is 0 Å². The van der Waals surface area contributed by atoms with E-state index in [9.17, 15) is 0 Å². The van der Waals surface area contributed by atoms with Gasteiger partial charge >= 0.3 is 0 Å². The molecular weight excluding hydrogens is 162 g/mol. The van der Waals surface area contributed by atoms with Crippen LogP contribution in [-0.2, 0) is 0 Å². The van der Waals surface area contributed by atoms with E-state index in [-0.39, 0.29) is 0 Å². The largest absolute Gasteiger partial charge is 0.396 e. The topological polar surface area (TPSA) is 23.5 Å². The van der Waals surface area contributed by atoms with Crippen molar-refractivity contribution in [2.24, 2.45) is 11.8 Å². The van der Waals surface area contributed by atoms with Crippen molar-refractivity contribution in [3.63, 3.8) is 0 Å². The van der Waals surface area contributed by atoms with Gasteiger partial charge in [-0.3, -0.25) is 0 Å². The summed E-state index contributed by atoms with van der Waals surface area (Å²) in [6.07, 6.45) is 5.39. The van der Waals surface area contributed by atoms with Gasteiger partial charge in [0.1, 0.15) is 0 Å². The van der Waals surface area contributed by atoms with Gasteiger partial charge in [-0.2, -0.15) is 0 Å². The van der Waals surface area contributed by atoms with Crippen molar-refractivity contribution in [1.29, 1.82) is 0 Å². The number of aliphatic hydroxyl groups excluding tert-OH is 1. The maximum Gasteiger partial charge on any atom is 0.0471 e. The molecule has 0 aromatic rings. The van der Waals surface area contributed by atoms with Gasteiger partial charge in [0.05, 0.1) is 0 Å². The number of nitrogens with zero attached hydrogens (tertiary/aromatic N) is 1. The summed E-state index contributed by atoms with van der Waals surface area (Å²) in [5.41, 5.74) is 0. The lowest BCUT2D eigenvalue weighted by Gasteiger charge is -2.23. The smallest absolute Gasteiger partial charge is 0.0471 e. The summed E-state index contributed by atoms with van der Waals surface area (Å²) in [6.45, 7) is 5.12. The molecule has 0 aromatic carbocycles. The Kier molecular flexibility index (Phi) is 2.89. The van der Waals surface area contributed by atoms with E-state index in [0.29, 0.717) is 12.5 Å². The Labute approximate surface area is 80.9 Å². The average Bonchev–Trinajstić information content (AvgIpc) is 2.71. The summed E-state index contributed by atoms with van der Waals surface area (Å²) >= 11 is 0. The van der Waals surface area contributed by atoms with E-state index in [1.165, 1.54) is 32.2 Å². The maximum atomic E-state index is 9.05. The molecule has 0 aromatic heterocycles. The van der Waals surface area contributed by atoms with E-state index < -0.39 is 0 Å². The molecule has 1 N–H and O–H groups in total. The third-order valence-electron chi connectivity index (χ3n) is 3.76. The molecule has 1 saturated carbocycles. The van der Waals surface area contributed by atoms with Crippen molar-refractivity contribution in [3.8, 4) is 0 Å². The normalized spacial score (nSPS) is 41.5. The summed E-state index contributed by atoms with van der Waals surface area (Å²) < 4.78 is 0. The Bertz CT molecular complexity index is 171. The third-order valence-corrected chi connectivity index (χ3v) is 3.76. The van der Waals surface area contributed by atoms with Crippen LogP contribution in [0.5, 0.6) is 0 Å². The van der Waals surface area contributed by atoms with E-state index in [2.05, 4.69) is 11.8 Å². The lowest BCUT2D eigenvalue weighted by atomic mass is 10.1. The Balaban J connectivity index is 1.82. The SMILES string of the molecule is CC1CCC(N2CCC(CO)C2)C1. The highest BCUT2D eigenvalue weighted by Gasteiger charge is 2.31. The van der Waals surface area contributed by atoms with Gasteiger partial charge < -0.3 is 10.0 Å². The van der Waals surface area contributed by atoms with Gasteiger partial charge in [-0.25, -0.2) is 0 Å². The molecule has 1 heterocycles. The summed E-state index contributed by atoms with van der Waals surface area (Å²) in [5.74, 6) is 1.49. The van der Waals surface area contributed by atoms with Crippen LogP contribution in [-0.4, -0.2) is 35.7 Å². The minimum absolute atomic E-state index is 0.388. The van der Waals surface area contributed by atoms with E-state index in [4.69, 9.17) is 5.11 Å². The van der Waals surface area contributed by atoms with Crippen LogP contribution in [0.15, 0.2) is 0 Å². The summed E-state index contributed by atoms with van der Waals surface area (Å²) in [6, 6.07) is 0.839. The number of aliphatic hydroxyl groups is 1. The first-order valence-electron chi connectivity index (χ1n) is 5.64. The van der Waals surface area contributed by atoms with Gasteiger partial charge in [0.15, 0.2) is 0 Å². The molecule has 2 rings (SSSR count).